The average molecular weight is 365 g/mol. The summed E-state index contributed by atoms with van der Waals surface area (Å²) < 4.78 is 0. The molecule has 1 aliphatic rings. The molecule has 27 heavy (non-hydrogen) atoms. The third-order valence-corrected chi connectivity index (χ3v) is 5.05. The summed E-state index contributed by atoms with van der Waals surface area (Å²) in [5.41, 5.74) is 4.80. The van der Waals surface area contributed by atoms with Crippen molar-refractivity contribution in [2.45, 2.75) is 33.6 Å². The van der Waals surface area contributed by atoms with Gasteiger partial charge in [0.05, 0.1) is 17.9 Å². The molecule has 1 aliphatic heterocycles. The Balaban J connectivity index is 2.08. The molecule has 0 saturated carbocycles. The standard InChI is InChI=1S/C22H27N3O2/c1-4-24(5-2)15-22(27)25-20-9-7-6-8-17(20)10-11-18-12-13-19(14-21(18)25)23-16(3)26/h6-9,12-14H,4-5,10-11,15H2,1-3H3,(H,23,26). The van der Waals surface area contributed by atoms with E-state index in [1.54, 1.807) is 0 Å². The molecule has 0 fully saturated rings. The molecule has 2 aromatic rings. The molecule has 1 heterocycles. The lowest BCUT2D eigenvalue weighted by molar-refractivity contribution is -0.119. The van der Waals surface area contributed by atoms with E-state index in [0.717, 1.165) is 42.9 Å². The second-order valence-electron chi connectivity index (χ2n) is 6.84. The van der Waals surface area contributed by atoms with Gasteiger partial charge >= 0.3 is 0 Å². The highest BCUT2D eigenvalue weighted by Gasteiger charge is 2.26. The van der Waals surface area contributed by atoms with Crippen molar-refractivity contribution in [1.82, 2.24) is 4.90 Å². The number of carbonyl (C=O) groups is 2. The Morgan fingerprint density at radius 2 is 1.67 bits per heavy atom. The molecule has 0 atom stereocenters. The zero-order valence-electron chi connectivity index (χ0n) is 16.3. The third kappa shape index (κ3) is 4.19. The number of hydrogen-bond acceptors (Lipinski definition) is 3. The Kier molecular flexibility index (Phi) is 5.91. The number of amides is 2. The lowest BCUT2D eigenvalue weighted by atomic mass is 10.0. The van der Waals surface area contributed by atoms with Crippen LogP contribution in [-0.2, 0) is 22.4 Å². The molecule has 2 amide bonds. The summed E-state index contributed by atoms with van der Waals surface area (Å²) in [7, 11) is 0. The van der Waals surface area contributed by atoms with E-state index in [0.29, 0.717) is 12.2 Å². The van der Waals surface area contributed by atoms with Crippen LogP contribution >= 0.6 is 0 Å². The number of hydrogen-bond donors (Lipinski definition) is 1. The van der Waals surface area contributed by atoms with Gasteiger partial charge in [0.15, 0.2) is 0 Å². The zero-order valence-corrected chi connectivity index (χ0v) is 16.3. The first kappa shape index (κ1) is 19.1. The van der Waals surface area contributed by atoms with Crippen LogP contribution in [0.2, 0.25) is 0 Å². The Morgan fingerprint density at radius 1 is 1.00 bits per heavy atom. The number of carbonyl (C=O) groups excluding carboxylic acids is 2. The fourth-order valence-electron chi connectivity index (χ4n) is 3.58. The Labute approximate surface area is 161 Å². The second kappa shape index (κ2) is 8.35. The predicted molar refractivity (Wildman–Crippen MR) is 110 cm³/mol. The summed E-state index contributed by atoms with van der Waals surface area (Å²) in [5.74, 6) is -0.0701. The summed E-state index contributed by atoms with van der Waals surface area (Å²) >= 11 is 0. The average Bonchev–Trinajstić information content (AvgIpc) is 2.82. The van der Waals surface area contributed by atoms with Crippen molar-refractivity contribution < 1.29 is 9.59 Å². The molecule has 0 radical (unpaired) electrons. The SMILES string of the molecule is CCN(CC)CC(=O)N1c2ccccc2CCc2ccc(NC(C)=O)cc21. The van der Waals surface area contributed by atoms with Crippen molar-refractivity contribution in [3.63, 3.8) is 0 Å². The van der Waals surface area contributed by atoms with E-state index in [4.69, 9.17) is 0 Å². The monoisotopic (exact) mass is 365 g/mol. The molecular weight excluding hydrogens is 338 g/mol. The van der Waals surface area contributed by atoms with Gasteiger partial charge in [-0.25, -0.2) is 0 Å². The van der Waals surface area contributed by atoms with Gasteiger partial charge in [0, 0.05) is 12.6 Å². The first-order valence-electron chi connectivity index (χ1n) is 9.57. The van der Waals surface area contributed by atoms with Gasteiger partial charge in [-0.3, -0.25) is 19.4 Å². The number of nitrogens with zero attached hydrogens (tertiary/aromatic N) is 2. The molecular formula is C22H27N3O2. The van der Waals surface area contributed by atoms with E-state index in [9.17, 15) is 9.59 Å². The normalized spacial score (nSPS) is 13.0. The maximum Gasteiger partial charge on any atom is 0.245 e. The molecule has 0 saturated heterocycles. The number of fused-ring (bicyclic) bond motifs is 2. The van der Waals surface area contributed by atoms with Gasteiger partial charge in [-0.2, -0.15) is 0 Å². The number of nitrogens with one attached hydrogen (secondary N) is 1. The van der Waals surface area contributed by atoms with Crippen LogP contribution < -0.4 is 10.2 Å². The molecule has 5 nitrogen and oxygen atoms in total. The molecule has 2 aromatic carbocycles. The molecule has 5 heteroatoms. The van der Waals surface area contributed by atoms with Crippen LogP contribution in [-0.4, -0.2) is 36.3 Å². The van der Waals surface area contributed by atoms with Crippen LogP contribution in [0.5, 0.6) is 0 Å². The number of likely N-dealkylation sites (N-methyl/N-ethyl adjacent to an activating group) is 1. The number of anilines is 3. The summed E-state index contributed by atoms with van der Waals surface area (Å²) in [4.78, 5) is 28.8. The predicted octanol–water partition coefficient (Wildman–Crippen LogP) is 3.75. The fourth-order valence-corrected chi connectivity index (χ4v) is 3.58. The van der Waals surface area contributed by atoms with Gasteiger partial charge < -0.3 is 5.32 Å². The highest BCUT2D eigenvalue weighted by atomic mass is 16.2. The quantitative estimate of drug-likeness (QED) is 0.878. The molecule has 3 rings (SSSR count). The smallest absolute Gasteiger partial charge is 0.245 e. The second-order valence-corrected chi connectivity index (χ2v) is 6.84. The highest BCUT2D eigenvalue weighted by Crippen LogP contribution is 2.37. The molecule has 0 unspecified atom stereocenters. The van der Waals surface area contributed by atoms with Gasteiger partial charge in [-0.1, -0.05) is 38.1 Å². The third-order valence-electron chi connectivity index (χ3n) is 5.05. The van der Waals surface area contributed by atoms with Crippen LogP contribution in [0.25, 0.3) is 0 Å². The first-order chi connectivity index (χ1) is 13.0. The minimum atomic E-state index is -0.120. The Hall–Kier alpha value is -2.66. The highest BCUT2D eigenvalue weighted by molar-refractivity contribution is 6.04. The van der Waals surface area contributed by atoms with E-state index in [1.165, 1.54) is 12.5 Å². The molecule has 142 valence electrons. The Bertz CT molecular complexity index is 843. The van der Waals surface area contributed by atoms with Crippen LogP contribution in [0.1, 0.15) is 31.9 Å². The number of rotatable bonds is 5. The van der Waals surface area contributed by atoms with Crippen molar-refractivity contribution in [1.29, 1.82) is 0 Å². The zero-order chi connectivity index (χ0) is 19.4. The van der Waals surface area contributed by atoms with Crippen LogP contribution in [0.4, 0.5) is 17.1 Å². The van der Waals surface area contributed by atoms with E-state index in [-0.39, 0.29) is 11.8 Å². The number of aryl methyl sites for hydroxylation is 2. The van der Waals surface area contributed by atoms with Crippen molar-refractivity contribution in [2.24, 2.45) is 0 Å². The fraction of sp³-hybridized carbons (Fsp3) is 0.364. The van der Waals surface area contributed by atoms with E-state index >= 15 is 0 Å². The molecule has 1 N–H and O–H groups in total. The van der Waals surface area contributed by atoms with Gasteiger partial charge in [-0.05, 0) is 55.3 Å². The van der Waals surface area contributed by atoms with Gasteiger partial charge in [0.2, 0.25) is 11.8 Å². The molecule has 0 aromatic heterocycles. The van der Waals surface area contributed by atoms with E-state index in [2.05, 4.69) is 30.1 Å². The number of benzene rings is 2. The molecule has 0 bridgehead atoms. The van der Waals surface area contributed by atoms with Crippen molar-refractivity contribution >= 4 is 28.9 Å². The van der Waals surface area contributed by atoms with Gasteiger partial charge in [0.1, 0.15) is 0 Å². The minimum Gasteiger partial charge on any atom is -0.326 e. The van der Waals surface area contributed by atoms with Crippen molar-refractivity contribution in [3.05, 3.63) is 53.6 Å². The molecule has 0 spiro atoms. The first-order valence-corrected chi connectivity index (χ1v) is 9.57. The maximum atomic E-state index is 13.3. The Morgan fingerprint density at radius 3 is 2.33 bits per heavy atom. The summed E-state index contributed by atoms with van der Waals surface area (Å²) in [6, 6.07) is 13.9. The lowest BCUT2D eigenvalue weighted by Crippen LogP contribution is -2.38. The largest absolute Gasteiger partial charge is 0.326 e. The van der Waals surface area contributed by atoms with Crippen LogP contribution in [0, 0.1) is 0 Å². The van der Waals surface area contributed by atoms with Crippen LogP contribution in [0.15, 0.2) is 42.5 Å². The topological polar surface area (TPSA) is 52.7 Å². The van der Waals surface area contributed by atoms with E-state index < -0.39 is 0 Å². The van der Waals surface area contributed by atoms with E-state index in [1.807, 2.05) is 41.3 Å². The van der Waals surface area contributed by atoms with Gasteiger partial charge in [-0.15, -0.1) is 0 Å². The maximum absolute atomic E-state index is 13.3. The summed E-state index contributed by atoms with van der Waals surface area (Å²) in [6.07, 6.45) is 1.75. The van der Waals surface area contributed by atoms with Crippen molar-refractivity contribution in [3.8, 4) is 0 Å². The number of para-hydroxylation sites is 1. The summed E-state index contributed by atoms with van der Waals surface area (Å²) in [5, 5.41) is 2.83. The molecule has 0 aliphatic carbocycles. The van der Waals surface area contributed by atoms with Crippen molar-refractivity contribution in [2.75, 3.05) is 29.9 Å². The van der Waals surface area contributed by atoms with Crippen LogP contribution in [0.3, 0.4) is 0 Å². The lowest BCUT2D eigenvalue weighted by Gasteiger charge is -2.28. The summed E-state index contributed by atoms with van der Waals surface area (Å²) in [6.45, 7) is 7.65. The minimum absolute atomic E-state index is 0.0503. The van der Waals surface area contributed by atoms with Gasteiger partial charge in [0.25, 0.3) is 0 Å².